The predicted molar refractivity (Wildman–Crippen MR) is 133 cm³/mol. The van der Waals surface area contributed by atoms with Crippen LogP contribution in [0.1, 0.15) is 71.3 Å². The van der Waals surface area contributed by atoms with E-state index in [1.54, 1.807) is 50.2 Å². The molecule has 1 atom stereocenters. The highest BCUT2D eigenvalue weighted by Gasteiger charge is 2.32. The van der Waals surface area contributed by atoms with E-state index in [1.165, 1.54) is 4.68 Å². The number of carbonyl (C=O) groups excluding carboxylic acids is 1. The monoisotopic (exact) mass is 538 g/mol. The summed E-state index contributed by atoms with van der Waals surface area (Å²) in [7, 11) is -4.10. The molecule has 200 valence electrons. The second-order valence-electron chi connectivity index (χ2n) is 8.91. The largest absolute Gasteiger partial charge is 0.486 e. The van der Waals surface area contributed by atoms with Gasteiger partial charge in [0.15, 0.2) is 5.78 Å². The molecule has 7 nitrogen and oxygen atoms in total. The lowest BCUT2D eigenvalue weighted by atomic mass is 10.0. The first-order valence-corrected chi connectivity index (χ1v) is 13.4. The molecule has 0 aliphatic carbocycles. The topological polar surface area (TPSA) is 98.5 Å². The van der Waals surface area contributed by atoms with Gasteiger partial charge in [-0.25, -0.2) is 4.68 Å². The minimum absolute atomic E-state index is 0.000354. The molecule has 0 radical (unpaired) electrons. The molecule has 1 heterocycles. The first-order valence-electron chi connectivity index (χ1n) is 11.8. The summed E-state index contributed by atoms with van der Waals surface area (Å²) in [4.78, 5) is 12.3. The molecule has 37 heavy (non-hydrogen) atoms. The van der Waals surface area contributed by atoms with Crippen molar-refractivity contribution >= 4 is 15.9 Å². The molecule has 2 aromatic carbocycles. The van der Waals surface area contributed by atoms with E-state index in [1.807, 2.05) is 6.92 Å². The zero-order chi connectivity index (χ0) is 27.4. The molecule has 3 rings (SSSR count). The highest BCUT2D eigenvalue weighted by molar-refractivity contribution is 7.85. The lowest BCUT2D eigenvalue weighted by molar-refractivity contribution is -0.137. The number of nitrogens with zero attached hydrogens (tertiary/aromatic N) is 2. The summed E-state index contributed by atoms with van der Waals surface area (Å²) < 4.78 is 77.0. The zero-order valence-corrected chi connectivity index (χ0v) is 21.6. The van der Waals surface area contributed by atoms with Gasteiger partial charge in [0.1, 0.15) is 11.9 Å². The molecule has 11 heteroatoms. The van der Waals surface area contributed by atoms with Gasteiger partial charge < -0.3 is 4.74 Å². The normalized spacial score (nSPS) is 12.9. The van der Waals surface area contributed by atoms with Crippen molar-refractivity contribution in [3.8, 4) is 11.4 Å². The number of benzene rings is 2. The fourth-order valence-electron chi connectivity index (χ4n) is 4.10. The van der Waals surface area contributed by atoms with Crippen LogP contribution in [0, 0.1) is 13.8 Å². The van der Waals surface area contributed by atoms with Crippen molar-refractivity contribution in [2.24, 2.45) is 0 Å². The van der Waals surface area contributed by atoms with E-state index in [4.69, 9.17) is 9.29 Å². The highest BCUT2D eigenvalue weighted by Crippen LogP contribution is 2.33. The molecule has 0 spiro atoms. The van der Waals surface area contributed by atoms with Crippen LogP contribution in [0.2, 0.25) is 0 Å². The van der Waals surface area contributed by atoms with Crippen molar-refractivity contribution in [2.45, 2.75) is 58.7 Å². The van der Waals surface area contributed by atoms with Gasteiger partial charge in [-0.05, 0) is 55.5 Å². The van der Waals surface area contributed by atoms with Crippen molar-refractivity contribution < 1.29 is 35.7 Å². The molecule has 0 aliphatic heterocycles. The molecule has 0 saturated carbocycles. The number of hydrogen-bond acceptors (Lipinski definition) is 5. The van der Waals surface area contributed by atoms with E-state index in [9.17, 15) is 26.4 Å². The molecule has 1 aromatic heterocycles. The molecule has 0 bridgehead atoms. The third kappa shape index (κ3) is 7.65. The number of alkyl halides is 3. The Kier molecular flexibility index (Phi) is 8.80. The number of aryl methyl sites for hydroxylation is 2. The summed E-state index contributed by atoms with van der Waals surface area (Å²) in [6.45, 7) is 5.57. The number of ether oxygens (including phenoxy) is 1. The van der Waals surface area contributed by atoms with Gasteiger partial charge in [0.2, 0.25) is 0 Å². The van der Waals surface area contributed by atoms with E-state index in [2.05, 4.69) is 5.10 Å². The van der Waals surface area contributed by atoms with Gasteiger partial charge in [-0.2, -0.15) is 26.7 Å². The van der Waals surface area contributed by atoms with Crippen LogP contribution in [-0.2, 0) is 16.3 Å². The Bertz CT molecular complexity index is 1330. The van der Waals surface area contributed by atoms with Crippen molar-refractivity contribution in [2.75, 3.05) is 5.75 Å². The lowest BCUT2D eigenvalue weighted by Crippen LogP contribution is -2.10. The maximum atomic E-state index is 13.0. The van der Waals surface area contributed by atoms with Gasteiger partial charge in [-0.15, -0.1) is 0 Å². The predicted octanol–water partition coefficient (Wildman–Crippen LogP) is 6.28. The minimum Gasteiger partial charge on any atom is -0.486 e. The van der Waals surface area contributed by atoms with E-state index >= 15 is 0 Å². The number of carbonyl (C=O) groups is 1. The van der Waals surface area contributed by atoms with Gasteiger partial charge in [-0.3, -0.25) is 9.35 Å². The number of aromatic nitrogens is 2. The van der Waals surface area contributed by atoms with Crippen LogP contribution in [0.25, 0.3) is 5.69 Å². The number of ketones is 1. The number of hydrogen-bond donors (Lipinski definition) is 1. The average molecular weight is 539 g/mol. The third-order valence-corrected chi connectivity index (χ3v) is 6.65. The van der Waals surface area contributed by atoms with Gasteiger partial charge in [0.25, 0.3) is 10.1 Å². The second kappa shape index (κ2) is 11.5. The lowest BCUT2D eigenvalue weighted by Gasteiger charge is -2.21. The summed E-state index contributed by atoms with van der Waals surface area (Å²) in [5, 5.41) is 3.88. The average Bonchev–Trinajstić information content (AvgIpc) is 3.28. The fourth-order valence-corrected chi connectivity index (χ4v) is 4.61. The molecule has 0 aliphatic rings. The van der Waals surface area contributed by atoms with Crippen LogP contribution in [-0.4, -0.2) is 34.3 Å². The van der Waals surface area contributed by atoms with Crippen molar-refractivity contribution in [1.29, 1.82) is 0 Å². The summed E-state index contributed by atoms with van der Waals surface area (Å²) >= 11 is 0. The van der Waals surface area contributed by atoms with Gasteiger partial charge in [0, 0.05) is 18.2 Å². The smallest absolute Gasteiger partial charge is 0.419 e. The zero-order valence-electron chi connectivity index (χ0n) is 20.7. The Labute approximate surface area is 214 Å². The Morgan fingerprint density at radius 3 is 2.27 bits per heavy atom. The van der Waals surface area contributed by atoms with Gasteiger partial charge >= 0.3 is 6.18 Å². The van der Waals surface area contributed by atoms with Gasteiger partial charge in [0.05, 0.1) is 23.2 Å². The minimum atomic E-state index is -4.48. The Morgan fingerprint density at radius 1 is 1.14 bits per heavy atom. The van der Waals surface area contributed by atoms with Crippen molar-refractivity contribution in [3.05, 3.63) is 76.6 Å². The maximum Gasteiger partial charge on any atom is 0.419 e. The SMILES string of the molecule is CCC[C@@H](Oc1cc(C)c(-n2cc(C(F)(F)F)cn2)c(C)c1)c1ccc(C(=O)CCCS(=O)(=O)O)cc1. The first kappa shape index (κ1) is 28.4. The molecular weight excluding hydrogens is 509 g/mol. The molecule has 0 fully saturated rings. The van der Waals surface area contributed by atoms with E-state index in [-0.39, 0.29) is 24.7 Å². The standard InChI is InChI=1S/C26H29F3N2O5S/c1-4-6-24(20-10-8-19(9-11-20)23(32)7-5-12-37(33,34)35)36-22-13-17(2)25(18(3)14-22)31-16-21(15-30-31)26(27,28)29/h8-11,13-16,24H,4-7,12H2,1-3H3,(H,33,34,35)/t24-/m1/s1. The highest BCUT2D eigenvalue weighted by atomic mass is 32.2. The van der Waals surface area contributed by atoms with Crippen LogP contribution in [0.4, 0.5) is 13.2 Å². The second-order valence-corrected chi connectivity index (χ2v) is 10.5. The van der Waals surface area contributed by atoms with Crippen molar-refractivity contribution in [3.63, 3.8) is 0 Å². The van der Waals surface area contributed by atoms with Crippen LogP contribution in [0.15, 0.2) is 48.8 Å². The summed E-state index contributed by atoms with van der Waals surface area (Å²) in [6.07, 6.45) is -1.49. The Balaban J connectivity index is 1.76. The van der Waals surface area contributed by atoms with Crippen LogP contribution >= 0.6 is 0 Å². The van der Waals surface area contributed by atoms with Crippen LogP contribution in [0.5, 0.6) is 5.75 Å². The summed E-state index contributed by atoms with van der Waals surface area (Å²) in [5.41, 5.74) is 2.41. The van der Waals surface area contributed by atoms with E-state index in [0.717, 1.165) is 24.4 Å². The number of halogens is 3. The molecule has 0 amide bonds. The van der Waals surface area contributed by atoms with Crippen LogP contribution in [0.3, 0.4) is 0 Å². The number of rotatable bonds is 11. The quantitative estimate of drug-likeness (QED) is 0.228. The van der Waals surface area contributed by atoms with Crippen molar-refractivity contribution in [1.82, 2.24) is 9.78 Å². The molecule has 0 saturated heterocycles. The maximum absolute atomic E-state index is 13.0. The molecule has 0 unspecified atom stereocenters. The Hall–Kier alpha value is -3.18. The molecule has 1 N–H and O–H groups in total. The molecular formula is C26H29F3N2O5S. The van der Waals surface area contributed by atoms with Crippen LogP contribution < -0.4 is 4.74 Å². The molecule has 3 aromatic rings. The number of Topliss-reactive ketones (excluding diaryl/α,β-unsaturated/α-hetero) is 1. The fraction of sp³-hybridized carbons (Fsp3) is 0.385. The summed E-state index contributed by atoms with van der Waals surface area (Å²) in [5.74, 6) is -0.131. The van der Waals surface area contributed by atoms with Gasteiger partial charge in [-0.1, -0.05) is 37.6 Å². The first-order chi connectivity index (χ1) is 17.3. The van der Waals surface area contributed by atoms with E-state index < -0.39 is 27.6 Å². The van der Waals surface area contributed by atoms with E-state index in [0.29, 0.717) is 34.5 Å². The summed E-state index contributed by atoms with van der Waals surface area (Å²) in [6, 6.07) is 10.4. The third-order valence-electron chi connectivity index (χ3n) is 5.84. The Morgan fingerprint density at radius 2 is 1.76 bits per heavy atom.